The fourth-order valence-corrected chi connectivity index (χ4v) is 2.36. The topological polar surface area (TPSA) is 42.1 Å². The molecule has 0 aliphatic carbocycles. The smallest absolute Gasteiger partial charge is 0.128 e. The Morgan fingerprint density at radius 1 is 1.30 bits per heavy atom. The van der Waals surface area contributed by atoms with Crippen LogP contribution < -0.4 is 10.6 Å². The summed E-state index contributed by atoms with van der Waals surface area (Å²) in [7, 11) is 0. The number of halogens is 2. The molecule has 20 heavy (non-hydrogen) atoms. The van der Waals surface area contributed by atoms with E-state index in [0.717, 1.165) is 34.0 Å². The molecule has 0 aliphatic heterocycles. The summed E-state index contributed by atoms with van der Waals surface area (Å²) in [5.74, 6) is 0.922. The van der Waals surface area contributed by atoms with Gasteiger partial charge >= 0.3 is 0 Å². The fraction of sp³-hybridized carbons (Fsp3) is 0.267. The van der Waals surface area contributed by atoms with Crippen LogP contribution in [0.25, 0.3) is 0 Å². The van der Waals surface area contributed by atoms with Gasteiger partial charge in [-0.25, -0.2) is 4.98 Å². The van der Waals surface area contributed by atoms with Crippen molar-refractivity contribution in [2.75, 3.05) is 18.0 Å². The molecule has 0 atom stereocenters. The number of nitrogens with zero attached hydrogens (tertiary/aromatic N) is 2. The lowest BCUT2D eigenvalue weighted by Gasteiger charge is -2.23. The lowest BCUT2D eigenvalue weighted by molar-refractivity contribution is 0.775. The summed E-state index contributed by atoms with van der Waals surface area (Å²) in [4.78, 5) is 6.59. The van der Waals surface area contributed by atoms with Crippen molar-refractivity contribution in [3.63, 3.8) is 0 Å². The molecule has 0 unspecified atom stereocenters. The van der Waals surface area contributed by atoms with Crippen LogP contribution in [-0.2, 0) is 6.54 Å². The molecular formula is C15H17BrClN3. The van der Waals surface area contributed by atoms with E-state index >= 15 is 0 Å². The molecule has 0 saturated heterocycles. The number of benzene rings is 1. The summed E-state index contributed by atoms with van der Waals surface area (Å²) in [6.07, 6.45) is 1.80. The fourth-order valence-electron chi connectivity index (χ4n) is 2.01. The van der Waals surface area contributed by atoms with E-state index in [2.05, 4.69) is 31.9 Å². The minimum Gasteiger partial charge on any atom is -0.351 e. The van der Waals surface area contributed by atoms with Crippen molar-refractivity contribution < 1.29 is 0 Å². The maximum Gasteiger partial charge on any atom is 0.128 e. The Morgan fingerprint density at radius 3 is 2.70 bits per heavy atom. The number of rotatable bonds is 5. The van der Waals surface area contributed by atoms with Gasteiger partial charge in [0, 0.05) is 35.3 Å². The van der Waals surface area contributed by atoms with Crippen LogP contribution >= 0.6 is 27.5 Å². The van der Waals surface area contributed by atoms with E-state index in [1.54, 1.807) is 6.20 Å². The van der Waals surface area contributed by atoms with E-state index in [9.17, 15) is 0 Å². The molecule has 1 aromatic carbocycles. The van der Waals surface area contributed by atoms with Gasteiger partial charge in [0.05, 0.1) is 0 Å². The summed E-state index contributed by atoms with van der Waals surface area (Å²) in [6.45, 7) is 4.13. The first-order valence-electron chi connectivity index (χ1n) is 6.42. The Balaban J connectivity index is 2.20. The zero-order valence-corrected chi connectivity index (χ0v) is 13.7. The van der Waals surface area contributed by atoms with Crippen molar-refractivity contribution in [2.24, 2.45) is 5.73 Å². The van der Waals surface area contributed by atoms with Crippen LogP contribution in [-0.4, -0.2) is 18.1 Å². The number of pyridine rings is 1. The molecule has 2 aromatic rings. The van der Waals surface area contributed by atoms with Crippen LogP contribution in [0.15, 0.2) is 41.0 Å². The maximum atomic E-state index is 6.06. The predicted molar refractivity (Wildman–Crippen MR) is 88.2 cm³/mol. The Morgan fingerprint density at radius 2 is 2.10 bits per heavy atom. The Hall–Kier alpha value is -1.10. The van der Waals surface area contributed by atoms with E-state index in [4.69, 9.17) is 17.3 Å². The first-order valence-corrected chi connectivity index (χ1v) is 7.59. The van der Waals surface area contributed by atoms with Gasteiger partial charge in [-0.3, -0.25) is 0 Å². The van der Waals surface area contributed by atoms with Crippen LogP contribution in [0.1, 0.15) is 11.1 Å². The number of hydrogen-bond acceptors (Lipinski definition) is 3. The number of aryl methyl sites for hydroxylation is 1. The molecule has 0 radical (unpaired) electrons. The lowest BCUT2D eigenvalue weighted by Crippen LogP contribution is -2.29. The molecule has 2 N–H and O–H groups in total. The Kier molecular flexibility index (Phi) is 5.40. The zero-order valence-electron chi connectivity index (χ0n) is 11.3. The minimum atomic E-state index is 0.588. The number of hydrogen-bond donors (Lipinski definition) is 1. The number of nitrogens with two attached hydrogens (primary N) is 1. The van der Waals surface area contributed by atoms with Crippen molar-refractivity contribution in [3.05, 3.63) is 57.2 Å². The normalized spacial score (nSPS) is 10.6. The van der Waals surface area contributed by atoms with Gasteiger partial charge in [0.25, 0.3) is 0 Å². The highest BCUT2D eigenvalue weighted by Gasteiger charge is 2.08. The third-order valence-electron chi connectivity index (χ3n) is 3.03. The summed E-state index contributed by atoms with van der Waals surface area (Å²) in [5.41, 5.74) is 7.99. The molecule has 0 spiro atoms. The molecule has 0 amide bonds. The van der Waals surface area contributed by atoms with Crippen molar-refractivity contribution in [3.8, 4) is 0 Å². The molecular weight excluding hydrogens is 338 g/mol. The zero-order chi connectivity index (χ0) is 14.5. The van der Waals surface area contributed by atoms with Crippen LogP contribution in [0, 0.1) is 6.92 Å². The highest BCUT2D eigenvalue weighted by molar-refractivity contribution is 9.10. The standard InChI is InChI=1S/C15H17BrClN3/c1-11-8-12(2-4-14(11)17)10-20(7-6-18)15-5-3-13(16)9-19-15/h2-5,8-9H,6-7,10,18H2,1H3. The van der Waals surface area contributed by atoms with Crippen LogP contribution in [0.4, 0.5) is 5.82 Å². The second-order valence-corrected chi connectivity index (χ2v) is 5.95. The van der Waals surface area contributed by atoms with Crippen LogP contribution in [0.3, 0.4) is 0 Å². The predicted octanol–water partition coefficient (Wildman–Crippen LogP) is 3.77. The van der Waals surface area contributed by atoms with E-state index in [0.29, 0.717) is 6.54 Å². The average molecular weight is 355 g/mol. The van der Waals surface area contributed by atoms with Crippen molar-refractivity contribution >= 4 is 33.3 Å². The van der Waals surface area contributed by atoms with Gasteiger partial charge < -0.3 is 10.6 Å². The molecule has 0 bridgehead atoms. The molecule has 0 fully saturated rings. The van der Waals surface area contributed by atoms with Gasteiger partial charge in [0.15, 0.2) is 0 Å². The molecule has 3 nitrogen and oxygen atoms in total. The van der Waals surface area contributed by atoms with Gasteiger partial charge in [-0.1, -0.05) is 23.7 Å². The number of anilines is 1. The Labute approximate surface area is 132 Å². The van der Waals surface area contributed by atoms with Gasteiger partial charge in [-0.05, 0) is 52.2 Å². The van der Waals surface area contributed by atoms with Crippen molar-refractivity contribution in [1.29, 1.82) is 0 Å². The summed E-state index contributed by atoms with van der Waals surface area (Å²) in [6, 6.07) is 10.0. The quantitative estimate of drug-likeness (QED) is 0.888. The molecule has 1 heterocycles. The lowest BCUT2D eigenvalue weighted by atomic mass is 10.1. The second kappa shape index (κ2) is 7.07. The summed E-state index contributed by atoms with van der Waals surface area (Å²) < 4.78 is 0.969. The van der Waals surface area contributed by atoms with E-state index in [1.807, 2.05) is 31.2 Å². The molecule has 106 valence electrons. The average Bonchev–Trinajstić information content (AvgIpc) is 2.43. The first kappa shape index (κ1) is 15.3. The largest absolute Gasteiger partial charge is 0.351 e. The van der Waals surface area contributed by atoms with E-state index < -0.39 is 0 Å². The molecule has 0 saturated carbocycles. The molecule has 0 aliphatic rings. The molecule has 1 aromatic heterocycles. The Bertz CT molecular complexity index is 572. The highest BCUT2D eigenvalue weighted by Crippen LogP contribution is 2.20. The highest BCUT2D eigenvalue weighted by atomic mass is 79.9. The van der Waals surface area contributed by atoms with E-state index in [1.165, 1.54) is 5.56 Å². The summed E-state index contributed by atoms with van der Waals surface area (Å²) in [5, 5.41) is 0.792. The first-order chi connectivity index (χ1) is 9.60. The van der Waals surface area contributed by atoms with E-state index in [-0.39, 0.29) is 0 Å². The van der Waals surface area contributed by atoms with Gasteiger partial charge in [-0.2, -0.15) is 0 Å². The second-order valence-electron chi connectivity index (χ2n) is 4.63. The molecule has 2 rings (SSSR count). The van der Waals surface area contributed by atoms with Crippen molar-refractivity contribution in [2.45, 2.75) is 13.5 Å². The van der Waals surface area contributed by atoms with Gasteiger partial charge in [0.1, 0.15) is 5.82 Å². The monoisotopic (exact) mass is 353 g/mol. The van der Waals surface area contributed by atoms with Gasteiger partial charge in [0.2, 0.25) is 0 Å². The SMILES string of the molecule is Cc1cc(CN(CCN)c2ccc(Br)cn2)ccc1Cl. The summed E-state index contributed by atoms with van der Waals surface area (Å²) >= 11 is 9.46. The van der Waals surface area contributed by atoms with Gasteiger partial charge in [-0.15, -0.1) is 0 Å². The van der Waals surface area contributed by atoms with Crippen LogP contribution in [0.2, 0.25) is 5.02 Å². The molecule has 5 heteroatoms. The maximum absolute atomic E-state index is 6.06. The van der Waals surface area contributed by atoms with Crippen molar-refractivity contribution in [1.82, 2.24) is 4.98 Å². The van der Waals surface area contributed by atoms with Crippen LogP contribution in [0.5, 0.6) is 0 Å². The minimum absolute atomic E-state index is 0.588. The third kappa shape index (κ3) is 3.95. The third-order valence-corrected chi connectivity index (χ3v) is 3.92. The number of aromatic nitrogens is 1.